The van der Waals surface area contributed by atoms with Crippen LogP contribution in [0.4, 0.5) is 11.5 Å². The Morgan fingerprint density at radius 2 is 2.00 bits per heavy atom. The van der Waals surface area contributed by atoms with Crippen molar-refractivity contribution in [3.05, 3.63) is 48.4 Å². The quantitative estimate of drug-likeness (QED) is 0.794. The van der Waals surface area contributed by atoms with Gasteiger partial charge in [0.05, 0.1) is 12.6 Å². The first kappa shape index (κ1) is 15.7. The van der Waals surface area contributed by atoms with Gasteiger partial charge in [0, 0.05) is 31.2 Å². The Balaban J connectivity index is 1.96. The average Bonchev–Trinajstić information content (AvgIpc) is 2.61. The van der Waals surface area contributed by atoms with E-state index < -0.39 is 0 Å². The van der Waals surface area contributed by atoms with Crippen LogP contribution in [0.15, 0.2) is 42.9 Å². The lowest BCUT2D eigenvalue weighted by molar-refractivity contribution is 0.102. The Kier molecular flexibility index (Phi) is 4.24. The zero-order chi connectivity index (χ0) is 17.1. The second-order valence-electron chi connectivity index (χ2n) is 5.34. The third kappa shape index (κ3) is 2.96. The van der Waals surface area contributed by atoms with Gasteiger partial charge in [0.2, 0.25) is 5.88 Å². The molecule has 0 aliphatic rings. The summed E-state index contributed by atoms with van der Waals surface area (Å²) in [6.07, 6.45) is 3.11. The molecule has 1 aromatic carbocycles. The van der Waals surface area contributed by atoms with Crippen LogP contribution in [0.1, 0.15) is 10.4 Å². The summed E-state index contributed by atoms with van der Waals surface area (Å²) < 4.78 is 5.24. The summed E-state index contributed by atoms with van der Waals surface area (Å²) in [4.78, 5) is 26.9. The normalized spacial score (nSPS) is 10.5. The fraction of sp³-hybridized carbons (Fsp3) is 0.176. The van der Waals surface area contributed by atoms with Gasteiger partial charge < -0.3 is 15.0 Å². The Bertz CT molecular complexity index is 895. The van der Waals surface area contributed by atoms with Crippen LogP contribution < -0.4 is 15.0 Å². The molecule has 0 fully saturated rings. The number of hydrogen-bond donors (Lipinski definition) is 1. The van der Waals surface area contributed by atoms with Gasteiger partial charge in [-0.3, -0.25) is 9.78 Å². The molecule has 7 heteroatoms. The first-order chi connectivity index (χ1) is 11.6. The number of rotatable bonds is 4. The van der Waals surface area contributed by atoms with Gasteiger partial charge in [-0.25, -0.2) is 4.98 Å². The SMILES string of the molecule is COc1ncnc(N(C)C)c1NC(=O)c1ccc2ncccc2c1. The molecule has 0 aliphatic carbocycles. The Labute approximate surface area is 139 Å². The van der Waals surface area contributed by atoms with Crippen LogP contribution in [0.25, 0.3) is 10.9 Å². The number of carbonyl (C=O) groups excluding carboxylic acids is 1. The smallest absolute Gasteiger partial charge is 0.255 e. The molecule has 3 rings (SSSR count). The highest BCUT2D eigenvalue weighted by molar-refractivity contribution is 6.08. The van der Waals surface area contributed by atoms with Crippen LogP contribution >= 0.6 is 0 Å². The molecule has 0 aliphatic heterocycles. The highest BCUT2D eigenvalue weighted by atomic mass is 16.5. The van der Waals surface area contributed by atoms with E-state index in [1.54, 1.807) is 23.2 Å². The molecule has 3 aromatic rings. The molecule has 122 valence electrons. The number of pyridine rings is 1. The fourth-order valence-electron chi connectivity index (χ4n) is 2.37. The molecular formula is C17H17N5O2. The predicted octanol–water partition coefficient (Wildman–Crippen LogP) is 2.35. The number of hydrogen-bond acceptors (Lipinski definition) is 6. The lowest BCUT2D eigenvalue weighted by Gasteiger charge is -2.18. The number of carbonyl (C=O) groups is 1. The van der Waals surface area contributed by atoms with E-state index in [0.29, 0.717) is 22.9 Å². The van der Waals surface area contributed by atoms with Crippen molar-refractivity contribution in [3.8, 4) is 5.88 Å². The molecule has 2 heterocycles. The number of fused-ring (bicyclic) bond motifs is 1. The van der Waals surface area contributed by atoms with Gasteiger partial charge >= 0.3 is 0 Å². The van der Waals surface area contributed by atoms with E-state index in [1.165, 1.54) is 13.4 Å². The maximum Gasteiger partial charge on any atom is 0.255 e. The van der Waals surface area contributed by atoms with Gasteiger partial charge in [0.1, 0.15) is 12.0 Å². The zero-order valence-electron chi connectivity index (χ0n) is 13.6. The lowest BCUT2D eigenvalue weighted by Crippen LogP contribution is -2.19. The van der Waals surface area contributed by atoms with Crippen molar-refractivity contribution in [3.63, 3.8) is 0 Å². The maximum atomic E-state index is 12.6. The third-order valence-electron chi connectivity index (χ3n) is 3.51. The summed E-state index contributed by atoms with van der Waals surface area (Å²) in [5.74, 6) is 0.610. The summed E-state index contributed by atoms with van der Waals surface area (Å²) in [5.41, 5.74) is 1.79. The van der Waals surface area contributed by atoms with Crippen molar-refractivity contribution in [2.75, 3.05) is 31.4 Å². The van der Waals surface area contributed by atoms with Gasteiger partial charge in [-0.15, -0.1) is 0 Å². The lowest BCUT2D eigenvalue weighted by atomic mass is 10.1. The average molecular weight is 323 g/mol. The van der Waals surface area contributed by atoms with Crippen LogP contribution in [0.3, 0.4) is 0 Å². The number of amides is 1. The first-order valence-electron chi connectivity index (χ1n) is 7.32. The number of ether oxygens (including phenoxy) is 1. The van der Waals surface area contributed by atoms with Crippen molar-refractivity contribution in [1.82, 2.24) is 15.0 Å². The van der Waals surface area contributed by atoms with Crippen LogP contribution in [-0.2, 0) is 0 Å². The van der Waals surface area contributed by atoms with E-state index in [-0.39, 0.29) is 5.91 Å². The summed E-state index contributed by atoms with van der Waals surface area (Å²) >= 11 is 0. The molecule has 0 atom stereocenters. The second-order valence-corrected chi connectivity index (χ2v) is 5.34. The van der Waals surface area contributed by atoms with Crippen molar-refractivity contribution < 1.29 is 9.53 Å². The van der Waals surface area contributed by atoms with Gasteiger partial charge in [-0.2, -0.15) is 4.98 Å². The molecule has 2 aromatic heterocycles. The first-order valence-corrected chi connectivity index (χ1v) is 7.32. The topological polar surface area (TPSA) is 80.2 Å². The fourth-order valence-corrected chi connectivity index (χ4v) is 2.37. The van der Waals surface area contributed by atoms with Crippen LogP contribution in [0, 0.1) is 0 Å². The largest absolute Gasteiger partial charge is 0.479 e. The number of methoxy groups -OCH3 is 1. The number of aromatic nitrogens is 3. The Morgan fingerprint density at radius 1 is 1.17 bits per heavy atom. The monoisotopic (exact) mass is 323 g/mol. The van der Waals surface area contributed by atoms with Gasteiger partial charge in [-0.05, 0) is 24.3 Å². The highest BCUT2D eigenvalue weighted by Gasteiger charge is 2.17. The van der Waals surface area contributed by atoms with Crippen LogP contribution in [-0.4, -0.2) is 42.1 Å². The molecule has 0 unspecified atom stereocenters. The molecule has 7 nitrogen and oxygen atoms in total. The van der Waals surface area contributed by atoms with E-state index in [2.05, 4.69) is 20.3 Å². The maximum absolute atomic E-state index is 12.6. The molecule has 1 amide bonds. The van der Waals surface area contributed by atoms with Crippen LogP contribution in [0.5, 0.6) is 5.88 Å². The molecule has 0 spiro atoms. The number of benzene rings is 1. The van der Waals surface area contributed by atoms with E-state index >= 15 is 0 Å². The minimum atomic E-state index is -0.267. The van der Waals surface area contributed by atoms with Crippen molar-refractivity contribution in [2.24, 2.45) is 0 Å². The van der Waals surface area contributed by atoms with Crippen molar-refractivity contribution in [1.29, 1.82) is 0 Å². The summed E-state index contributed by atoms with van der Waals surface area (Å²) in [6.45, 7) is 0. The minimum absolute atomic E-state index is 0.267. The molecule has 0 saturated carbocycles. The summed E-state index contributed by atoms with van der Waals surface area (Å²) in [6, 6.07) is 9.09. The molecule has 0 radical (unpaired) electrons. The molecule has 0 saturated heterocycles. The van der Waals surface area contributed by atoms with Gasteiger partial charge in [0.15, 0.2) is 5.82 Å². The standard InChI is InChI=1S/C17H17N5O2/c1-22(2)15-14(17(24-3)20-10-19-15)21-16(23)12-6-7-13-11(9-12)5-4-8-18-13/h4-10H,1-3H3,(H,21,23). The van der Waals surface area contributed by atoms with Crippen molar-refractivity contribution >= 4 is 28.3 Å². The summed E-state index contributed by atoms with van der Waals surface area (Å²) in [7, 11) is 5.16. The number of nitrogens with zero attached hydrogens (tertiary/aromatic N) is 4. The molecule has 0 bridgehead atoms. The van der Waals surface area contributed by atoms with E-state index in [4.69, 9.17) is 4.74 Å². The number of nitrogens with one attached hydrogen (secondary N) is 1. The molecular weight excluding hydrogens is 306 g/mol. The Morgan fingerprint density at radius 3 is 2.75 bits per heavy atom. The van der Waals surface area contributed by atoms with E-state index in [0.717, 1.165) is 10.9 Å². The Hall–Kier alpha value is -3.22. The molecule has 1 N–H and O–H groups in total. The molecule has 24 heavy (non-hydrogen) atoms. The minimum Gasteiger partial charge on any atom is -0.479 e. The second kappa shape index (κ2) is 6.49. The van der Waals surface area contributed by atoms with Crippen molar-refractivity contribution in [2.45, 2.75) is 0 Å². The highest BCUT2D eigenvalue weighted by Crippen LogP contribution is 2.30. The van der Waals surface area contributed by atoms with E-state index in [1.807, 2.05) is 32.3 Å². The zero-order valence-corrected chi connectivity index (χ0v) is 13.6. The number of anilines is 2. The van der Waals surface area contributed by atoms with E-state index in [9.17, 15) is 4.79 Å². The third-order valence-corrected chi connectivity index (χ3v) is 3.51. The van der Waals surface area contributed by atoms with Gasteiger partial charge in [-0.1, -0.05) is 6.07 Å². The predicted molar refractivity (Wildman–Crippen MR) is 92.6 cm³/mol. The van der Waals surface area contributed by atoms with Crippen LogP contribution in [0.2, 0.25) is 0 Å². The summed E-state index contributed by atoms with van der Waals surface area (Å²) in [5, 5.41) is 3.74. The van der Waals surface area contributed by atoms with Gasteiger partial charge in [0.25, 0.3) is 5.91 Å².